The number of benzene rings is 2. The molecule has 1 fully saturated rings. The summed E-state index contributed by atoms with van der Waals surface area (Å²) in [6.45, 7) is 2.34. The number of fused-ring (bicyclic) bond motifs is 1. The molecule has 2 aromatic carbocycles. The summed E-state index contributed by atoms with van der Waals surface area (Å²) in [6.07, 6.45) is 2.60. The molecule has 1 aromatic heterocycles. The van der Waals surface area contributed by atoms with Gasteiger partial charge in [0.2, 0.25) is 6.41 Å². The quantitative estimate of drug-likeness (QED) is 0.568. The van der Waals surface area contributed by atoms with Gasteiger partial charge in [-0.15, -0.1) is 0 Å². The van der Waals surface area contributed by atoms with Crippen LogP contribution < -0.4 is 0 Å². The van der Waals surface area contributed by atoms with E-state index in [2.05, 4.69) is 0 Å². The third-order valence-corrected chi connectivity index (χ3v) is 5.75. The summed E-state index contributed by atoms with van der Waals surface area (Å²) < 4.78 is 1.91. The smallest absolute Gasteiger partial charge is 0.335 e. The molecule has 2 N–H and O–H groups in total. The molecule has 1 aliphatic heterocycles. The molecule has 8 heteroatoms. The van der Waals surface area contributed by atoms with Crippen molar-refractivity contribution in [2.45, 2.75) is 12.6 Å². The summed E-state index contributed by atoms with van der Waals surface area (Å²) in [7, 11) is 0. The lowest BCUT2D eigenvalue weighted by molar-refractivity contribution is -0.144. The van der Waals surface area contributed by atoms with Gasteiger partial charge in [0, 0.05) is 55.4 Å². The van der Waals surface area contributed by atoms with Crippen molar-refractivity contribution in [3.63, 3.8) is 0 Å². The number of hydrogen-bond acceptors (Lipinski definition) is 4. The zero-order chi connectivity index (χ0) is 22.0. The fourth-order valence-corrected chi connectivity index (χ4v) is 4.17. The summed E-state index contributed by atoms with van der Waals surface area (Å²) in [5.74, 6) is -2.00. The third-order valence-electron chi connectivity index (χ3n) is 5.75. The van der Waals surface area contributed by atoms with Gasteiger partial charge in [-0.25, -0.2) is 4.79 Å². The first kappa shape index (κ1) is 20.6. The van der Waals surface area contributed by atoms with E-state index in [1.54, 1.807) is 17.0 Å². The summed E-state index contributed by atoms with van der Waals surface area (Å²) >= 11 is 0. The number of piperazine rings is 1. The number of nitrogens with zero attached hydrogens (tertiary/aromatic N) is 3. The van der Waals surface area contributed by atoms with Gasteiger partial charge in [-0.05, 0) is 17.7 Å². The van der Waals surface area contributed by atoms with Crippen molar-refractivity contribution < 1.29 is 24.6 Å². The first-order valence-corrected chi connectivity index (χ1v) is 10.0. The van der Waals surface area contributed by atoms with E-state index >= 15 is 0 Å². The van der Waals surface area contributed by atoms with E-state index < -0.39 is 18.0 Å². The van der Waals surface area contributed by atoms with Crippen LogP contribution in [0.2, 0.25) is 0 Å². The molecule has 2 heterocycles. The lowest BCUT2D eigenvalue weighted by Gasteiger charge is -2.36. The molecule has 0 unspecified atom stereocenters. The second kappa shape index (κ2) is 8.61. The number of carboxylic acids is 2. The molecule has 1 aliphatic rings. The second-order valence-corrected chi connectivity index (χ2v) is 7.65. The van der Waals surface area contributed by atoms with Gasteiger partial charge < -0.3 is 19.7 Å². The number of aliphatic carboxylic acids is 1. The maximum Gasteiger partial charge on any atom is 0.335 e. The minimum Gasteiger partial charge on any atom is -0.480 e. The molecular formula is C23H23N3O5. The topological polar surface area (TPSA) is 103 Å². The summed E-state index contributed by atoms with van der Waals surface area (Å²) in [5.41, 5.74) is 2.47. The SMILES string of the molecule is O=CN1CCN([C@H](C(=O)O)c2cn(Cc3ccccc3)c3cc(C(=O)O)ccc23)CC1. The number of carbonyl (C=O) groups excluding carboxylic acids is 1. The number of hydrogen-bond donors (Lipinski definition) is 2. The monoisotopic (exact) mass is 421 g/mol. The molecule has 1 saturated heterocycles. The van der Waals surface area contributed by atoms with Crippen molar-refractivity contribution in [1.29, 1.82) is 0 Å². The van der Waals surface area contributed by atoms with Crippen molar-refractivity contribution in [3.8, 4) is 0 Å². The lowest BCUT2D eigenvalue weighted by Crippen LogP contribution is -2.48. The van der Waals surface area contributed by atoms with Crippen LogP contribution in [0.25, 0.3) is 10.9 Å². The Balaban J connectivity index is 1.79. The zero-order valence-electron chi connectivity index (χ0n) is 16.8. The average molecular weight is 421 g/mol. The van der Waals surface area contributed by atoms with E-state index in [4.69, 9.17) is 0 Å². The maximum absolute atomic E-state index is 12.3. The van der Waals surface area contributed by atoms with Crippen LogP contribution in [-0.4, -0.2) is 69.1 Å². The van der Waals surface area contributed by atoms with E-state index in [1.165, 1.54) is 6.07 Å². The van der Waals surface area contributed by atoms with Crippen molar-refractivity contribution in [2.75, 3.05) is 26.2 Å². The van der Waals surface area contributed by atoms with Crippen LogP contribution in [0.15, 0.2) is 54.7 Å². The van der Waals surface area contributed by atoms with Crippen LogP contribution in [0.1, 0.15) is 27.5 Å². The number of rotatable bonds is 7. The Labute approximate surface area is 178 Å². The Kier molecular flexibility index (Phi) is 5.73. The van der Waals surface area contributed by atoms with Crippen LogP contribution in [0, 0.1) is 0 Å². The fourth-order valence-electron chi connectivity index (χ4n) is 4.17. The molecule has 0 aliphatic carbocycles. The van der Waals surface area contributed by atoms with Crippen molar-refractivity contribution in [1.82, 2.24) is 14.4 Å². The highest BCUT2D eigenvalue weighted by Crippen LogP contribution is 2.32. The van der Waals surface area contributed by atoms with E-state index in [1.807, 2.05) is 46.0 Å². The van der Waals surface area contributed by atoms with Gasteiger partial charge in [0.05, 0.1) is 5.56 Å². The van der Waals surface area contributed by atoms with E-state index in [0.29, 0.717) is 49.2 Å². The van der Waals surface area contributed by atoms with E-state index in [-0.39, 0.29) is 5.56 Å². The van der Waals surface area contributed by atoms with E-state index in [9.17, 15) is 24.6 Å². The molecule has 8 nitrogen and oxygen atoms in total. The summed E-state index contributed by atoms with van der Waals surface area (Å²) in [6, 6.07) is 13.6. The zero-order valence-corrected chi connectivity index (χ0v) is 16.8. The lowest BCUT2D eigenvalue weighted by atomic mass is 10.0. The standard InChI is InChI=1S/C23H23N3O5/c27-15-24-8-10-25(11-9-24)21(23(30)31)19-14-26(13-16-4-2-1-3-5-16)20-12-17(22(28)29)6-7-18(19)20/h1-7,12,14-15,21H,8-11,13H2,(H,28,29)(H,30,31)/t21-/m0/s1. The maximum atomic E-state index is 12.3. The predicted molar refractivity (Wildman–Crippen MR) is 114 cm³/mol. The molecule has 4 rings (SSSR count). The molecule has 160 valence electrons. The van der Waals surface area contributed by atoms with Crippen LogP contribution in [0.3, 0.4) is 0 Å². The van der Waals surface area contributed by atoms with Crippen molar-refractivity contribution >= 4 is 29.3 Å². The largest absolute Gasteiger partial charge is 0.480 e. The van der Waals surface area contributed by atoms with E-state index in [0.717, 1.165) is 12.0 Å². The second-order valence-electron chi connectivity index (χ2n) is 7.65. The molecular weight excluding hydrogens is 398 g/mol. The third kappa shape index (κ3) is 4.15. The van der Waals surface area contributed by atoms with Crippen LogP contribution in [0.4, 0.5) is 0 Å². The Morgan fingerprint density at radius 3 is 2.32 bits per heavy atom. The normalized spacial score (nSPS) is 15.7. The molecule has 1 atom stereocenters. The van der Waals surface area contributed by atoms with Gasteiger partial charge in [0.15, 0.2) is 0 Å². The Morgan fingerprint density at radius 1 is 1.00 bits per heavy atom. The Bertz CT molecular complexity index is 1120. The summed E-state index contributed by atoms with van der Waals surface area (Å²) in [5, 5.41) is 20.2. The molecule has 1 amide bonds. The Hall–Kier alpha value is -3.65. The first-order valence-electron chi connectivity index (χ1n) is 10.0. The number of aromatic carboxylic acids is 1. The van der Waals surface area contributed by atoms with Gasteiger partial charge >= 0.3 is 11.9 Å². The van der Waals surface area contributed by atoms with Gasteiger partial charge in [-0.1, -0.05) is 36.4 Å². The molecule has 0 spiro atoms. The number of aromatic nitrogens is 1. The highest BCUT2D eigenvalue weighted by Gasteiger charge is 2.32. The van der Waals surface area contributed by atoms with Crippen LogP contribution in [0.5, 0.6) is 0 Å². The minimum atomic E-state index is -1.03. The Morgan fingerprint density at radius 2 is 1.71 bits per heavy atom. The van der Waals surface area contributed by atoms with Gasteiger partial charge in [-0.3, -0.25) is 14.5 Å². The highest BCUT2D eigenvalue weighted by molar-refractivity contribution is 5.96. The van der Waals surface area contributed by atoms with Crippen LogP contribution in [-0.2, 0) is 16.1 Å². The van der Waals surface area contributed by atoms with Crippen molar-refractivity contribution in [2.24, 2.45) is 0 Å². The molecule has 31 heavy (non-hydrogen) atoms. The summed E-state index contributed by atoms with van der Waals surface area (Å²) in [4.78, 5) is 38.3. The average Bonchev–Trinajstić information content (AvgIpc) is 3.12. The van der Waals surface area contributed by atoms with Crippen LogP contribution >= 0.6 is 0 Å². The predicted octanol–water partition coefficient (Wildman–Crippen LogP) is 2.29. The minimum absolute atomic E-state index is 0.151. The highest BCUT2D eigenvalue weighted by atomic mass is 16.4. The van der Waals surface area contributed by atoms with Gasteiger partial charge in [0.25, 0.3) is 0 Å². The number of amides is 1. The molecule has 3 aromatic rings. The van der Waals surface area contributed by atoms with Crippen molar-refractivity contribution in [3.05, 3.63) is 71.4 Å². The molecule has 0 bridgehead atoms. The molecule has 0 radical (unpaired) electrons. The molecule has 0 saturated carbocycles. The number of carboxylic acid groups (broad SMARTS) is 2. The van der Waals surface area contributed by atoms with Gasteiger partial charge in [-0.2, -0.15) is 0 Å². The number of carbonyl (C=O) groups is 3. The van der Waals surface area contributed by atoms with Gasteiger partial charge in [0.1, 0.15) is 6.04 Å². The first-order chi connectivity index (χ1) is 15.0. The fraction of sp³-hybridized carbons (Fsp3) is 0.261.